The molecule has 9 heteroatoms. The van der Waals surface area contributed by atoms with Crippen molar-refractivity contribution in [2.75, 3.05) is 12.9 Å². The van der Waals surface area contributed by atoms with Crippen LogP contribution in [0.5, 0.6) is 5.75 Å². The standard InChI is InChI=1S/C16H18ClF4NO2S/c1-25-22-15(23)11-6-12(17)14(7-13(11)18)24-8-9-2-4-10(5-3-9)16(19,20)21/h6-7,9-10H,2-5,8H2,1H3,(H,22,23). The van der Waals surface area contributed by atoms with Crippen LogP contribution in [0.1, 0.15) is 36.0 Å². The van der Waals surface area contributed by atoms with Crippen LogP contribution in [0.2, 0.25) is 5.02 Å². The van der Waals surface area contributed by atoms with Crippen molar-refractivity contribution in [1.82, 2.24) is 4.72 Å². The lowest BCUT2D eigenvalue weighted by molar-refractivity contribution is -0.184. The van der Waals surface area contributed by atoms with E-state index in [9.17, 15) is 22.4 Å². The van der Waals surface area contributed by atoms with Crippen molar-refractivity contribution in [2.24, 2.45) is 11.8 Å². The van der Waals surface area contributed by atoms with Crippen LogP contribution >= 0.6 is 23.5 Å². The summed E-state index contributed by atoms with van der Waals surface area (Å²) >= 11 is 7.05. The van der Waals surface area contributed by atoms with E-state index >= 15 is 0 Å². The Morgan fingerprint density at radius 1 is 1.32 bits per heavy atom. The topological polar surface area (TPSA) is 38.3 Å². The van der Waals surface area contributed by atoms with E-state index in [1.165, 1.54) is 6.07 Å². The van der Waals surface area contributed by atoms with Crippen molar-refractivity contribution in [3.63, 3.8) is 0 Å². The minimum Gasteiger partial charge on any atom is -0.492 e. The van der Waals surface area contributed by atoms with Gasteiger partial charge in [-0.3, -0.25) is 9.52 Å². The highest BCUT2D eigenvalue weighted by atomic mass is 35.5. The number of benzene rings is 1. The fraction of sp³-hybridized carbons (Fsp3) is 0.562. The van der Waals surface area contributed by atoms with Gasteiger partial charge in [-0.1, -0.05) is 23.5 Å². The van der Waals surface area contributed by atoms with Gasteiger partial charge in [-0.25, -0.2) is 4.39 Å². The van der Waals surface area contributed by atoms with Gasteiger partial charge in [-0.2, -0.15) is 13.2 Å². The van der Waals surface area contributed by atoms with Crippen molar-refractivity contribution in [1.29, 1.82) is 0 Å². The number of hydrogen-bond donors (Lipinski definition) is 1. The number of ether oxygens (including phenoxy) is 1. The molecule has 0 aliphatic heterocycles. The maximum absolute atomic E-state index is 14.0. The normalized spacial score (nSPS) is 21.0. The van der Waals surface area contributed by atoms with Gasteiger partial charge in [0.05, 0.1) is 23.1 Å². The predicted molar refractivity (Wildman–Crippen MR) is 89.4 cm³/mol. The van der Waals surface area contributed by atoms with E-state index in [1.54, 1.807) is 6.26 Å². The Kier molecular flexibility index (Phi) is 6.85. The number of hydrogen-bond acceptors (Lipinski definition) is 3. The fourth-order valence-corrected chi connectivity index (χ4v) is 3.34. The molecule has 0 atom stereocenters. The maximum atomic E-state index is 14.0. The molecule has 25 heavy (non-hydrogen) atoms. The molecule has 1 aliphatic rings. The Labute approximate surface area is 152 Å². The Hall–Kier alpha value is -1.15. The van der Waals surface area contributed by atoms with Crippen LogP contribution in [-0.4, -0.2) is 24.9 Å². The van der Waals surface area contributed by atoms with E-state index in [0.717, 1.165) is 18.0 Å². The second kappa shape index (κ2) is 8.49. The average molecular weight is 400 g/mol. The highest BCUT2D eigenvalue weighted by Gasteiger charge is 2.41. The second-order valence-electron chi connectivity index (χ2n) is 5.97. The third-order valence-corrected chi connectivity index (χ3v) is 4.93. The van der Waals surface area contributed by atoms with E-state index in [-0.39, 0.29) is 41.7 Å². The van der Waals surface area contributed by atoms with Crippen LogP contribution in [0, 0.1) is 17.7 Å². The Bertz CT molecular complexity index is 619. The van der Waals surface area contributed by atoms with Gasteiger partial charge in [-0.15, -0.1) is 0 Å². The minimum atomic E-state index is -4.15. The Morgan fingerprint density at radius 3 is 2.52 bits per heavy atom. The first-order valence-corrected chi connectivity index (χ1v) is 9.34. The molecule has 0 aromatic heterocycles. The van der Waals surface area contributed by atoms with E-state index < -0.39 is 23.8 Å². The van der Waals surface area contributed by atoms with Gasteiger partial charge in [-0.05, 0) is 37.7 Å². The molecule has 3 nitrogen and oxygen atoms in total. The van der Waals surface area contributed by atoms with E-state index in [4.69, 9.17) is 16.3 Å². The maximum Gasteiger partial charge on any atom is 0.391 e. The highest BCUT2D eigenvalue weighted by molar-refractivity contribution is 7.97. The first-order valence-electron chi connectivity index (χ1n) is 7.74. The van der Waals surface area contributed by atoms with Crippen molar-refractivity contribution >= 4 is 29.5 Å². The Morgan fingerprint density at radius 2 is 1.96 bits per heavy atom. The monoisotopic (exact) mass is 399 g/mol. The van der Waals surface area contributed by atoms with Gasteiger partial charge in [0.15, 0.2) is 0 Å². The van der Waals surface area contributed by atoms with E-state index in [2.05, 4.69) is 4.72 Å². The summed E-state index contributed by atoms with van der Waals surface area (Å²) in [6.45, 7) is 0.167. The number of carbonyl (C=O) groups is 1. The zero-order chi connectivity index (χ0) is 18.6. The van der Waals surface area contributed by atoms with Crippen LogP contribution in [-0.2, 0) is 0 Å². The van der Waals surface area contributed by atoms with Gasteiger partial charge in [0.1, 0.15) is 11.6 Å². The van der Waals surface area contributed by atoms with Crippen LogP contribution < -0.4 is 9.46 Å². The fourth-order valence-electron chi connectivity index (χ4n) is 2.82. The van der Waals surface area contributed by atoms with Gasteiger partial charge in [0, 0.05) is 12.3 Å². The summed E-state index contributed by atoms with van der Waals surface area (Å²) in [5, 5.41) is 0.0802. The molecule has 1 aromatic carbocycles. The van der Waals surface area contributed by atoms with Crippen molar-refractivity contribution < 1.29 is 27.1 Å². The Balaban J connectivity index is 1.94. The molecule has 1 aliphatic carbocycles. The molecule has 2 rings (SSSR count). The zero-order valence-electron chi connectivity index (χ0n) is 13.5. The SMILES string of the molecule is CSNC(=O)c1cc(Cl)c(OCC2CCC(C(F)(F)F)CC2)cc1F. The summed E-state index contributed by atoms with van der Waals surface area (Å²) in [5.74, 6) is -2.58. The van der Waals surface area contributed by atoms with Crippen LogP contribution in [0.25, 0.3) is 0 Å². The molecule has 0 spiro atoms. The van der Waals surface area contributed by atoms with E-state index in [1.807, 2.05) is 0 Å². The lowest BCUT2D eigenvalue weighted by Gasteiger charge is -2.29. The molecule has 0 bridgehead atoms. The number of alkyl halides is 3. The molecule has 1 N–H and O–H groups in total. The predicted octanol–water partition coefficient (Wildman–Crippen LogP) is 5.23. The molecule has 0 saturated heterocycles. The quantitative estimate of drug-likeness (QED) is 0.544. The van der Waals surface area contributed by atoms with Crippen LogP contribution in [0.15, 0.2) is 12.1 Å². The smallest absolute Gasteiger partial charge is 0.391 e. The molecular formula is C16H18ClF4NO2S. The summed E-state index contributed by atoms with van der Waals surface area (Å²) < 4.78 is 59.8. The van der Waals surface area contributed by atoms with E-state index in [0.29, 0.717) is 12.8 Å². The lowest BCUT2D eigenvalue weighted by atomic mass is 9.82. The summed E-state index contributed by atoms with van der Waals surface area (Å²) in [5.41, 5.74) is -0.197. The van der Waals surface area contributed by atoms with Gasteiger partial charge < -0.3 is 4.74 Å². The van der Waals surface area contributed by atoms with Crippen LogP contribution in [0.4, 0.5) is 17.6 Å². The number of carbonyl (C=O) groups excluding carboxylic acids is 1. The molecule has 0 radical (unpaired) electrons. The molecule has 1 amide bonds. The second-order valence-corrected chi connectivity index (χ2v) is 6.99. The average Bonchev–Trinajstić information content (AvgIpc) is 2.55. The van der Waals surface area contributed by atoms with Crippen LogP contribution in [0.3, 0.4) is 0 Å². The first-order chi connectivity index (χ1) is 11.7. The third kappa shape index (κ3) is 5.41. The van der Waals surface area contributed by atoms with Crippen molar-refractivity contribution in [3.05, 3.63) is 28.5 Å². The summed E-state index contributed by atoms with van der Waals surface area (Å²) in [6, 6.07) is 2.21. The van der Waals surface area contributed by atoms with Gasteiger partial charge >= 0.3 is 6.18 Å². The number of rotatable bonds is 5. The number of amides is 1. The van der Waals surface area contributed by atoms with Crippen molar-refractivity contribution in [2.45, 2.75) is 31.9 Å². The minimum absolute atomic E-state index is 0.0304. The molecule has 1 fully saturated rings. The summed E-state index contributed by atoms with van der Waals surface area (Å²) in [6.07, 6.45) is -1.56. The summed E-state index contributed by atoms with van der Waals surface area (Å²) in [7, 11) is 0. The molecule has 0 heterocycles. The van der Waals surface area contributed by atoms with Gasteiger partial charge in [0.25, 0.3) is 5.91 Å². The summed E-state index contributed by atoms with van der Waals surface area (Å²) in [4.78, 5) is 11.7. The molecule has 1 saturated carbocycles. The zero-order valence-corrected chi connectivity index (χ0v) is 15.0. The molecular weight excluding hydrogens is 382 g/mol. The molecule has 0 unspecified atom stereocenters. The van der Waals surface area contributed by atoms with Gasteiger partial charge in [0.2, 0.25) is 0 Å². The molecule has 140 valence electrons. The first kappa shape index (κ1) is 20.2. The van der Waals surface area contributed by atoms with Crippen molar-refractivity contribution in [3.8, 4) is 5.75 Å². The third-order valence-electron chi connectivity index (χ3n) is 4.25. The largest absolute Gasteiger partial charge is 0.492 e. The number of halogens is 5. The highest BCUT2D eigenvalue weighted by Crippen LogP contribution is 2.40. The number of nitrogens with one attached hydrogen (secondary N) is 1. The lowest BCUT2D eigenvalue weighted by Crippen LogP contribution is -2.29. The molecule has 1 aromatic rings.